The van der Waals surface area contributed by atoms with E-state index in [1.807, 2.05) is 0 Å². The van der Waals surface area contributed by atoms with Crippen molar-refractivity contribution in [3.63, 3.8) is 0 Å². The standard InChI is InChI=1S/C15H15N3O7/c1-8(19)17-7-14(20)16-10(15(17)21)4-9-5-12(24-2)13(25-3)6-11(9)18(22)23/h4-6H,7H2,1-3H3,(H,16,20)/b10-4+. The van der Waals surface area contributed by atoms with E-state index in [0.717, 1.165) is 24.0 Å². The molecule has 1 aliphatic rings. The second-order valence-electron chi connectivity index (χ2n) is 5.04. The third kappa shape index (κ3) is 3.57. The van der Waals surface area contributed by atoms with Crippen LogP contribution in [0.25, 0.3) is 6.08 Å². The molecule has 2 rings (SSSR count). The molecule has 1 heterocycles. The average Bonchev–Trinajstić information content (AvgIpc) is 2.56. The fourth-order valence-corrected chi connectivity index (χ4v) is 2.27. The van der Waals surface area contributed by atoms with Gasteiger partial charge < -0.3 is 14.8 Å². The Bertz CT molecular complexity index is 801. The maximum absolute atomic E-state index is 12.3. The Hall–Kier alpha value is -3.43. The molecule has 0 atom stereocenters. The number of carbonyl (C=O) groups excluding carboxylic acids is 3. The lowest BCUT2D eigenvalue weighted by atomic mass is 10.1. The van der Waals surface area contributed by atoms with E-state index in [2.05, 4.69) is 5.32 Å². The van der Waals surface area contributed by atoms with Gasteiger partial charge in [0.1, 0.15) is 12.2 Å². The minimum atomic E-state index is -0.754. The van der Waals surface area contributed by atoms with Crippen LogP contribution >= 0.6 is 0 Å². The van der Waals surface area contributed by atoms with Crippen molar-refractivity contribution in [3.05, 3.63) is 33.5 Å². The fraction of sp³-hybridized carbons (Fsp3) is 0.267. The number of benzene rings is 1. The molecule has 1 aliphatic heterocycles. The van der Waals surface area contributed by atoms with Crippen molar-refractivity contribution in [2.45, 2.75) is 6.92 Å². The van der Waals surface area contributed by atoms with Crippen LogP contribution in [0.15, 0.2) is 17.8 Å². The molecule has 3 amide bonds. The number of nitro benzene ring substituents is 1. The number of ether oxygens (including phenoxy) is 2. The minimum absolute atomic E-state index is 0.0108. The summed E-state index contributed by atoms with van der Waals surface area (Å²) in [5.41, 5.74) is -0.592. The molecule has 1 N–H and O–H groups in total. The van der Waals surface area contributed by atoms with Gasteiger partial charge in [-0.3, -0.25) is 29.4 Å². The second-order valence-corrected chi connectivity index (χ2v) is 5.04. The molecule has 1 aromatic carbocycles. The summed E-state index contributed by atoms with van der Waals surface area (Å²) in [6.07, 6.45) is 1.12. The van der Waals surface area contributed by atoms with Gasteiger partial charge in [0.15, 0.2) is 11.5 Å². The molecule has 1 fully saturated rings. The van der Waals surface area contributed by atoms with Crippen LogP contribution in [0.5, 0.6) is 11.5 Å². The maximum atomic E-state index is 12.3. The van der Waals surface area contributed by atoms with E-state index in [1.165, 1.54) is 20.3 Å². The van der Waals surface area contributed by atoms with Crippen molar-refractivity contribution < 1.29 is 28.8 Å². The highest BCUT2D eigenvalue weighted by atomic mass is 16.6. The van der Waals surface area contributed by atoms with Gasteiger partial charge in [0, 0.05) is 6.92 Å². The van der Waals surface area contributed by atoms with E-state index in [9.17, 15) is 24.5 Å². The van der Waals surface area contributed by atoms with Crippen LogP contribution in [0.2, 0.25) is 0 Å². The largest absolute Gasteiger partial charge is 0.493 e. The monoisotopic (exact) mass is 349 g/mol. The zero-order chi connectivity index (χ0) is 18.7. The molecule has 1 saturated heterocycles. The number of hydrogen-bond acceptors (Lipinski definition) is 7. The van der Waals surface area contributed by atoms with Crippen molar-refractivity contribution in [2.75, 3.05) is 20.8 Å². The molecule has 25 heavy (non-hydrogen) atoms. The summed E-state index contributed by atoms with van der Waals surface area (Å²) >= 11 is 0. The van der Waals surface area contributed by atoms with Gasteiger partial charge in [-0.05, 0) is 12.1 Å². The van der Waals surface area contributed by atoms with Gasteiger partial charge in [0.25, 0.3) is 11.6 Å². The average molecular weight is 349 g/mol. The number of amides is 3. The van der Waals surface area contributed by atoms with Crippen molar-refractivity contribution >= 4 is 29.5 Å². The lowest BCUT2D eigenvalue weighted by molar-refractivity contribution is -0.385. The smallest absolute Gasteiger partial charge is 0.280 e. The Labute approximate surface area is 142 Å². The van der Waals surface area contributed by atoms with Crippen LogP contribution in [0.4, 0.5) is 5.69 Å². The summed E-state index contributed by atoms with van der Waals surface area (Å²) in [5.74, 6) is -1.59. The highest BCUT2D eigenvalue weighted by molar-refractivity contribution is 6.12. The predicted molar refractivity (Wildman–Crippen MR) is 84.7 cm³/mol. The first-order chi connectivity index (χ1) is 11.8. The number of rotatable bonds is 4. The summed E-state index contributed by atoms with van der Waals surface area (Å²) in [4.78, 5) is 46.8. The molecule has 0 bridgehead atoms. The number of hydrogen-bond donors (Lipinski definition) is 1. The lowest BCUT2D eigenvalue weighted by Crippen LogP contribution is -2.51. The van der Waals surface area contributed by atoms with E-state index in [1.54, 1.807) is 0 Å². The number of carbonyl (C=O) groups is 3. The van der Waals surface area contributed by atoms with E-state index in [0.29, 0.717) is 0 Å². The van der Waals surface area contributed by atoms with Crippen LogP contribution in [0, 0.1) is 10.1 Å². The van der Waals surface area contributed by atoms with Crippen LogP contribution in [0.3, 0.4) is 0 Å². The van der Waals surface area contributed by atoms with Crippen molar-refractivity contribution in [1.82, 2.24) is 10.2 Å². The number of nitrogens with one attached hydrogen (secondary N) is 1. The molecular formula is C15H15N3O7. The Balaban J connectivity index is 2.58. The van der Waals surface area contributed by atoms with Crippen molar-refractivity contribution in [2.24, 2.45) is 0 Å². The Kier molecular flexibility index (Phi) is 5.01. The molecule has 0 unspecified atom stereocenters. The van der Waals surface area contributed by atoms with Crippen LogP contribution in [-0.4, -0.2) is 48.3 Å². The first kappa shape index (κ1) is 17.9. The van der Waals surface area contributed by atoms with Gasteiger partial charge in [0.05, 0.1) is 30.8 Å². The predicted octanol–water partition coefficient (Wildman–Crippen LogP) is 0.458. The van der Waals surface area contributed by atoms with Crippen molar-refractivity contribution in [3.8, 4) is 11.5 Å². The lowest BCUT2D eigenvalue weighted by Gasteiger charge is -2.25. The van der Waals surface area contributed by atoms with Gasteiger partial charge in [-0.25, -0.2) is 0 Å². The zero-order valence-corrected chi connectivity index (χ0v) is 13.7. The van der Waals surface area contributed by atoms with Crippen LogP contribution in [0.1, 0.15) is 12.5 Å². The molecule has 0 spiro atoms. The number of nitro groups is 1. The summed E-state index contributed by atoms with van der Waals surface area (Å²) in [6.45, 7) is 0.743. The first-order valence-electron chi connectivity index (χ1n) is 7.02. The first-order valence-corrected chi connectivity index (χ1v) is 7.02. The molecule has 0 saturated carbocycles. The quantitative estimate of drug-likeness (QED) is 0.475. The third-order valence-electron chi connectivity index (χ3n) is 3.46. The van der Waals surface area contributed by atoms with Gasteiger partial charge in [0.2, 0.25) is 11.8 Å². The fourth-order valence-electron chi connectivity index (χ4n) is 2.27. The summed E-state index contributed by atoms with van der Waals surface area (Å²) in [5, 5.41) is 13.6. The molecular weight excluding hydrogens is 334 g/mol. The van der Waals surface area contributed by atoms with E-state index < -0.39 is 29.2 Å². The Morgan fingerprint density at radius 2 is 1.88 bits per heavy atom. The summed E-state index contributed by atoms with van der Waals surface area (Å²) in [7, 11) is 2.68. The van der Waals surface area contributed by atoms with Gasteiger partial charge >= 0.3 is 0 Å². The highest BCUT2D eigenvalue weighted by Crippen LogP contribution is 2.35. The SMILES string of the molecule is COc1cc(/C=C2/NC(=O)CN(C(C)=O)C2=O)c([N+](=O)[O-])cc1OC. The van der Waals surface area contributed by atoms with E-state index in [-0.39, 0.29) is 28.4 Å². The minimum Gasteiger partial charge on any atom is -0.493 e. The molecule has 1 aromatic rings. The molecule has 0 radical (unpaired) electrons. The molecule has 0 aliphatic carbocycles. The van der Waals surface area contributed by atoms with Crippen LogP contribution in [-0.2, 0) is 14.4 Å². The topological polar surface area (TPSA) is 128 Å². The van der Waals surface area contributed by atoms with E-state index >= 15 is 0 Å². The third-order valence-corrected chi connectivity index (χ3v) is 3.46. The molecule has 0 aromatic heterocycles. The second kappa shape index (κ2) is 6.99. The number of nitrogens with zero attached hydrogens (tertiary/aromatic N) is 2. The van der Waals surface area contributed by atoms with E-state index in [4.69, 9.17) is 9.47 Å². The molecule has 10 nitrogen and oxygen atoms in total. The maximum Gasteiger partial charge on any atom is 0.280 e. The number of imide groups is 1. The summed E-state index contributed by atoms with van der Waals surface area (Å²) < 4.78 is 10.1. The van der Waals surface area contributed by atoms with Gasteiger partial charge in [-0.2, -0.15) is 0 Å². The van der Waals surface area contributed by atoms with Crippen LogP contribution < -0.4 is 14.8 Å². The zero-order valence-electron chi connectivity index (χ0n) is 13.7. The molecule has 10 heteroatoms. The van der Waals surface area contributed by atoms with Gasteiger partial charge in [-0.1, -0.05) is 0 Å². The summed E-state index contributed by atoms with van der Waals surface area (Å²) in [6, 6.07) is 2.44. The normalized spacial score (nSPS) is 15.8. The Morgan fingerprint density at radius 1 is 1.28 bits per heavy atom. The molecule has 132 valence electrons. The number of methoxy groups -OCH3 is 2. The number of piperazine rings is 1. The highest BCUT2D eigenvalue weighted by Gasteiger charge is 2.31. The Morgan fingerprint density at radius 3 is 2.40 bits per heavy atom. The van der Waals surface area contributed by atoms with Gasteiger partial charge in [-0.15, -0.1) is 0 Å². The van der Waals surface area contributed by atoms with Crippen molar-refractivity contribution in [1.29, 1.82) is 0 Å².